The summed E-state index contributed by atoms with van der Waals surface area (Å²) in [6.07, 6.45) is -0.675. The summed E-state index contributed by atoms with van der Waals surface area (Å²) in [4.78, 5) is 45.1. The predicted octanol–water partition coefficient (Wildman–Crippen LogP) is 1.82. The lowest BCUT2D eigenvalue weighted by Gasteiger charge is -2.16. The number of ether oxygens (including phenoxy) is 1. The molecule has 11 heteroatoms. The minimum absolute atomic E-state index is 0.254. The van der Waals surface area contributed by atoms with Crippen LogP contribution in [-0.4, -0.2) is 58.9 Å². The van der Waals surface area contributed by atoms with Crippen molar-refractivity contribution >= 4 is 29.6 Å². The third-order valence-corrected chi connectivity index (χ3v) is 3.21. The average molecular weight is 380 g/mol. The number of hydrogen-bond donors (Lipinski definition) is 3. The van der Waals surface area contributed by atoms with Crippen molar-refractivity contribution in [2.24, 2.45) is 10.3 Å². The van der Waals surface area contributed by atoms with Gasteiger partial charge in [0.2, 0.25) is 0 Å². The molecule has 0 saturated carbocycles. The molecule has 0 aromatic heterocycles. The lowest BCUT2D eigenvalue weighted by atomic mass is 10.1. The van der Waals surface area contributed by atoms with Crippen LogP contribution in [0.3, 0.4) is 0 Å². The predicted molar refractivity (Wildman–Crippen MR) is 91.5 cm³/mol. The van der Waals surface area contributed by atoms with E-state index in [1.54, 1.807) is 6.92 Å². The van der Waals surface area contributed by atoms with Crippen molar-refractivity contribution < 1.29 is 34.1 Å². The van der Waals surface area contributed by atoms with E-state index in [0.717, 1.165) is 5.01 Å². The number of urea groups is 1. The molecule has 1 aromatic rings. The first kappa shape index (κ1) is 21.5. The second-order valence-corrected chi connectivity index (χ2v) is 5.25. The monoisotopic (exact) mass is 380 g/mol. The summed E-state index contributed by atoms with van der Waals surface area (Å²) < 4.78 is 4.85. The first-order valence-electron chi connectivity index (χ1n) is 7.92. The van der Waals surface area contributed by atoms with Crippen molar-refractivity contribution in [2.75, 3.05) is 13.7 Å². The Morgan fingerprint density at radius 3 is 2.33 bits per heavy atom. The number of amides is 2. The topological polar surface area (TPSA) is 158 Å². The molecule has 1 aromatic carbocycles. The normalized spacial score (nSPS) is 11.6. The molecule has 2 amide bonds. The average Bonchev–Trinajstić information content (AvgIpc) is 2.63. The molecule has 1 rings (SSSR count). The van der Waals surface area contributed by atoms with E-state index in [1.165, 1.54) is 31.3 Å². The van der Waals surface area contributed by atoms with Gasteiger partial charge in [0, 0.05) is 13.5 Å². The molecule has 1 atom stereocenters. The molecule has 0 bridgehead atoms. The number of hydrogen-bond acceptors (Lipinski definition) is 7. The van der Waals surface area contributed by atoms with Crippen molar-refractivity contribution in [1.29, 1.82) is 0 Å². The van der Waals surface area contributed by atoms with Crippen molar-refractivity contribution in [1.82, 2.24) is 10.3 Å². The van der Waals surface area contributed by atoms with E-state index in [0.29, 0.717) is 11.3 Å². The SMILES string of the molecule is CCOC(=O)c1ccc(N=NN(C)C(=O)N[C@@H](CCC(=O)O)C(=O)O)cc1. The zero-order chi connectivity index (χ0) is 20.4. The zero-order valence-corrected chi connectivity index (χ0v) is 14.8. The molecular formula is C16H20N4O7. The zero-order valence-electron chi connectivity index (χ0n) is 14.8. The maximum absolute atomic E-state index is 11.9. The fourth-order valence-corrected chi connectivity index (χ4v) is 1.81. The van der Waals surface area contributed by atoms with Gasteiger partial charge >= 0.3 is 23.9 Å². The fraction of sp³-hybridized carbons (Fsp3) is 0.375. The third-order valence-electron chi connectivity index (χ3n) is 3.21. The number of carboxylic acid groups (broad SMARTS) is 2. The van der Waals surface area contributed by atoms with E-state index in [2.05, 4.69) is 15.7 Å². The molecule has 0 aliphatic carbocycles. The summed E-state index contributed by atoms with van der Waals surface area (Å²) in [5, 5.41) is 28.0. The van der Waals surface area contributed by atoms with Gasteiger partial charge in [-0.2, -0.15) is 5.01 Å². The van der Waals surface area contributed by atoms with E-state index in [1.807, 2.05) is 0 Å². The van der Waals surface area contributed by atoms with Crippen molar-refractivity contribution in [2.45, 2.75) is 25.8 Å². The maximum atomic E-state index is 11.9. The Kier molecular flexibility index (Phi) is 8.36. The van der Waals surface area contributed by atoms with Crippen LogP contribution in [0, 0.1) is 0 Å². The van der Waals surface area contributed by atoms with Gasteiger partial charge in [-0.3, -0.25) is 4.79 Å². The number of carbonyl (C=O) groups is 4. The number of rotatable bonds is 9. The van der Waals surface area contributed by atoms with E-state index < -0.39 is 36.4 Å². The largest absolute Gasteiger partial charge is 0.481 e. The van der Waals surface area contributed by atoms with E-state index in [9.17, 15) is 19.2 Å². The maximum Gasteiger partial charge on any atom is 0.339 e. The Morgan fingerprint density at radius 2 is 1.81 bits per heavy atom. The number of carbonyl (C=O) groups excluding carboxylic acids is 2. The molecule has 0 aliphatic heterocycles. The second-order valence-electron chi connectivity index (χ2n) is 5.25. The Morgan fingerprint density at radius 1 is 1.19 bits per heavy atom. The van der Waals surface area contributed by atoms with Gasteiger partial charge in [0.1, 0.15) is 6.04 Å². The second kappa shape index (κ2) is 10.5. The third kappa shape index (κ3) is 7.50. The molecular weight excluding hydrogens is 360 g/mol. The number of carboxylic acids is 2. The first-order chi connectivity index (χ1) is 12.7. The molecule has 27 heavy (non-hydrogen) atoms. The summed E-state index contributed by atoms with van der Waals surface area (Å²) in [5.74, 6) is -3.00. The Hall–Kier alpha value is -3.50. The van der Waals surface area contributed by atoms with Crippen LogP contribution >= 0.6 is 0 Å². The van der Waals surface area contributed by atoms with E-state index in [-0.39, 0.29) is 13.0 Å². The van der Waals surface area contributed by atoms with Gasteiger partial charge in [0.05, 0.1) is 17.9 Å². The van der Waals surface area contributed by atoms with Crippen molar-refractivity contribution in [3.05, 3.63) is 29.8 Å². The summed E-state index contributed by atoms with van der Waals surface area (Å²) in [7, 11) is 1.25. The van der Waals surface area contributed by atoms with Crippen LogP contribution in [0.1, 0.15) is 30.1 Å². The Labute approximate surface area is 154 Å². The van der Waals surface area contributed by atoms with Crippen LogP contribution in [-0.2, 0) is 14.3 Å². The molecule has 0 spiro atoms. The number of esters is 1. The van der Waals surface area contributed by atoms with Crippen LogP contribution in [0.25, 0.3) is 0 Å². The van der Waals surface area contributed by atoms with Crippen LogP contribution < -0.4 is 5.32 Å². The molecule has 0 radical (unpaired) electrons. The lowest BCUT2D eigenvalue weighted by molar-refractivity contribution is -0.140. The highest BCUT2D eigenvalue weighted by atomic mass is 16.5. The minimum atomic E-state index is -1.37. The molecule has 11 nitrogen and oxygen atoms in total. The summed E-state index contributed by atoms with van der Waals surface area (Å²) >= 11 is 0. The minimum Gasteiger partial charge on any atom is -0.481 e. The highest BCUT2D eigenvalue weighted by Gasteiger charge is 2.22. The number of benzene rings is 1. The molecule has 146 valence electrons. The number of nitrogens with one attached hydrogen (secondary N) is 1. The Balaban J connectivity index is 2.66. The van der Waals surface area contributed by atoms with Crippen LogP contribution in [0.4, 0.5) is 10.5 Å². The van der Waals surface area contributed by atoms with Crippen molar-refractivity contribution in [3.63, 3.8) is 0 Å². The van der Waals surface area contributed by atoms with Gasteiger partial charge in [-0.15, -0.1) is 5.11 Å². The summed E-state index contributed by atoms with van der Waals surface area (Å²) in [5.41, 5.74) is 0.688. The smallest absolute Gasteiger partial charge is 0.339 e. The first-order valence-corrected chi connectivity index (χ1v) is 7.92. The number of aliphatic carboxylic acids is 2. The van der Waals surface area contributed by atoms with Gasteiger partial charge in [0.25, 0.3) is 0 Å². The molecule has 0 heterocycles. The van der Waals surface area contributed by atoms with Crippen LogP contribution in [0.2, 0.25) is 0 Å². The molecule has 3 N–H and O–H groups in total. The summed E-state index contributed by atoms with van der Waals surface area (Å²) in [6, 6.07) is 3.73. The van der Waals surface area contributed by atoms with Gasteiger partial charge in [-0.05, 0) is 37.6 Å². The van der Waals surface area contributed by atoms with Gasteiger partial charge in [0.15, 0.2) is 0 Å². The van der Waals surface area contributed by atoms with Crippen molar-refractivity contribution in [3.8, 4) is 0 Å². The van der Waals surface area contributed by atoms with Gasteiger partial charge in [-0.1, -0.05) is 5.22 Å². The van der Waals surface area contributed by atoms with Gasteiger partial charge < -0.3 is 20.3 Å². The lowest BCUT2D eigenvalue weighted by Crippen LogP contribution is -2.45. The van der Waals surface area contributed by atoms with Gasteiger partial charge in [-0.25, -0.2) is 14.4 Å². The van der Waals surface area contributed by atoms with Crippen LogP contribution in [0.5, 0.6) is 0 Å². The molecule has 0 fully saturated rings. The fourth-order valence-electron chi connectivity index (χ4n) is 1.81. The number of nitrogens with zero attached hydrogens (tertiary/aromatic N) is 3. The van der Waals surface area contributed by atoms with E-state index >= 15 is 0 Å². The summed E-state index contributed by atoms with van der Waals surface area (Å²) in [6.45, 7) is 1.95. The Bertz CT molecular complexity index is 718. The van der Waals surface area contributed by atoms with E-state index in [4.69, 9.17) is 14.9 Å². The highest BCUT2D eigenvalue weighted by Crippen LogP contribution is 2.14. The molecule has 0 unspecified atom stereocenters. The standard InChI is InChI=1S/C16H20N4O7/c1-3-27-15(25)10-4-6-11(7-5-10)18-19-20(2)16(26)17-12(14(23)24)8-9-13(21)22/h4-7,12H,3,8-9H2,1-2H3,(H,17,26)(H,21,22)(H,23,24)/t12-/m0/s1. The quantitative estimate of drug-likeness (QED) is 0.335. The molecule has 0 saturated heterocycles. The molecule has 0 aliphatic rings. The van der Waals surface area contributed by atoms with Crippen LogP contribution in [0.15, 0.2) is 34.6 Å². The highest BCUT2D eigenvalue weighted by molar-refractivity contribution is 5.89.